The van der Waals surface area contributed by atoms with Crippen LogP contribution < -0.4 is 0 Å². The van der Waals surface area contributed by atoms with Gasteiger partial charge in [-0.1, -0.05) is 0 Å². The van der Waals surface area contributed by atoms with Gasteiger partial charge in [0, 0.05) is 0 Å². The minimum Gasteiger partial charge on any atom is -0.346 e. The van der Waals surface area contributed by atoms with Crippen LogP contribution in [0.4, 0.5) is 0 Å². The van der Waals surface area contributed by atoms with Gasteiger partial charge in [0.05, 0.1) is 25.0 Å². The van der Waals surface area contributed by atoms with Gasteiger partial charge in [0.1, 0.15) is 13.2 Å². The monoisotopic (exact) mass is 210 g/mol. The van der Waals surface area contributed by atoms with Crippen LogP contribution in [0, 0.1) is 22.7 Å². The van der Waals surface area contributed by atoms with Crippen LogP contribution >= 0.6 is 0 Å². The fourth-order valence-corrected chi connectivity index (χ4v) is 1.54. The van der Waals surface area contributed by atoms with E-state index in [2.05, 4.69) is 0 Å². The lowest BCUT2D eigenvalue weighted by atomic mass is 10.3. The second kappa shape index (κ2) is 4.13. The summed E-state index contributed by atoms with van der Waals surface area (Å²) >= 11 is 0. The SMILES string of the molecule is N#CCC1OCC2(COC(CC#N)O2)O1. The zero-order chi connectivity index (χ0) is 10.7. The van der Waals surface area contributed by atoms with Crippen LogP contribution in [-0.2, 0) is 18.9 Å². The summed E-state index contributed by atoms with van der Waals surface area (Å²) < 4.78 is 21.3. The molecule has 1 spiro atoms. The largest absolute Gasteiger partial charge is 0.346 e. The van der Waals surface area contributed by atoms with E-state index < -0.39 is 18.4 Å². The minimum atomic E-state index is -0.914. The van der Waals surface area contributed by atoms with Crippen molar-refractivity contribution in [3.63, 3.8) is 0 Å². The molecule has 6 heteroatoms. The summed E-state index contributed by atoms with van der Waals surface area (Å²) in [6.07, 6.45) is -0.791. The van der Waals surface area contributed by atoms with E-state index in [9.17, 15) is 0 Å². The first-order valence-electron chi connectivity index (χ1n) is 4.61. The lowest BCUT2D eigenvalue weighted by Gasteiger charge is -2.18. The van der Waals surface area contributed by atoms with E-state index in [1.807, 2.05) is 12.1 Å². The van der Waals surface area contributed by atoms with Gasteiger partial charge in [-0.3, -0.25) is 0 Å². The third-order valence-electron chi connectivity index (χ3n) is 2.19. The number of ether oxygens (including phenoxy) is 4. The molecule has 2 fully saturated rings. The molecular formula is C9H10N2O4. The second-order valence-electron chi connectivity index (χ2n) is 3.35. The minimum absolute atomic E-state index is 0.161. The molecule has 0 saturated carbocycles. The van der Waals surface area contributed by atoms with Crippen molar-refractivity contribution in [1.82, 2.24) is 0 Å². The molecule has 0 aromatic rings. The van der Waals surface area contributed by atoms with E-state index in [-0.39, 0.29) is 26.1 Å². The van der Waals surface area contributed by atoms with Gasteiger partial charge in [0.15, 0.2) is 12.6 Å². The van der Waals surface area contributed by atoms with Gasteiger partial charge in [0.2, 0.25) is 5.79 Å². The molecule has 2 aliphatic rings. The molecule has 0 aliphatic carbocycles. The first kappa shape index (κ1) is 10.3. The summed E-state index contributed by atoms with van der Waals surface area (Å²) in [5.74, 6) is -0.914. The Kier molecular flexibility index (Phi) is 2.85. The third kappa shape index (κ3) is 2.09. The molecule has 0 N–H and O–H groups in total. The Hall–Kier alpha value is -1.18. The van der Waals surface area contributed by atoms with E-state index >= 15 is 0 Å². The van der Waals surface area contributed by atoms with Crippen molar-refractivity contribution < 1.29 is 18.9 Å². The predicted octanol–water partition coefficient (Wildman–Crippen LogP) is 0.256. The summed E-state index contributed by atoms with van der Waals surface area (Å²) in [6, 6.07) is 3.91. The van der Waals surface area contributed by atoms with Crippen LogP contribution in [0.3, 0.4) is 0 Å². The van der Waals surface area contributed by atoms with Gasteiger partial charge in [-0.2, -0.15) is 10.5 Å². The average Bonchev–Trinajstić information content (AvgIpc) is 2.77. The van der Waals surface area contributed by atoms with Gasteiger partial charge in [-0.05, 0) is 0 Å². The molecule has 15 heavy (non-hydrogen) atoms. The molecule has 80 valence electrons. The lowest BCUT2D eigenvalue weighted by molar-refractivity contribution is -0.210. The van der Waals surface area contributed by atoms with Crippen molar-refractivity contribution >= 4 is 0 Å². The highest BCUT2D eigenvalue weighted by Crippen LogP contribution is 2.33. The Morgan fingerprint density at radius 2 is 1.47 bits per heavy atom. The van der Waals surface area contributed by atoms with Crippen LogP contribution in [-0.4, -0.2) is 31.6 Å². The number of hydrogen-bond acceptors (Lipinski definition) is 6. The van der Waals surface area contributed by atoms with E-state index in [1.54, 1.807) is 0 Å². The molecule has 0 bridgehead atoms. The third-order valence-corrected chi connectivity index (χ3v) is 2.19. The highest BCUT2D eigenvalue weighted by atomic mass is 16.9. The van der Waals surface area contributed by atoms with Crippen molar-refractivity contribution in [2.45, 2.75) is 31.2 Å². The molecule has 0 radical (unpaired) electrons. The normalized spacial score (nSPS) is 39.1. The molecule has 6 nitrogen and oxygen atoms in total. The summed E-state index contributed by atoms with van der Waals surface area (Å²) in [5, 5.41) is 16.9. The molecule has 0 aromatic carbocycles. The Balaban J connectivity index is 1.90. The van der Waals surface area contributed by atoms with Gasteiger partial charge in [-0.25, -0.2) is 0 Å². The maximum atomic E-state index is 8.47. The lowest BCUT2D eigenvalue weighted by Crippen LogP contribution is -2.35. The summed E-state index contributed by atoms with van der Waals surface area (Å²) in [4.78, 5) is 0. The Labute approximate surface area is 86.9 Å². The molecule has 2 saturated heterocycles. The maximum absolute atomic E-state index is 8.47. The zero-order valence-corrected chi connectivity index (χ0v) is 8.01. The fraction of sp³-hybridized carbons (Fsp3) is 0.778. The number of nitriles is 2. The van der Waals surface area contributed by atoms with Gasteiger partial charge in [-0.15, -0.1) is 0 Å². The fourth-order valence-electron chi connectivity index (χ4n) is 1.54. The molecule has 0 amide bonds. The topological polar surface area (TPSA) is 84.5 Å². The van der Waals surface area contributed by atoms with E-state index in [4.69, 9.17) is 29.5 Å². The number of rotatable bonds is 2. The standard InChI is InChI=1S/C9H10N2O4/c10-3-1-7-12-5-9(14-7)6-13-8(15-9)2-4-11/h7-8H,1-2,5-6H2. The molecule has 2 aliphatic heterocycles. The molecule has 0 aromatic heterocycles. The van der Waals surface area contributed by atoms with E-state index in [0.29, 0.717) is 0 Å². The maximum Gasteiger partial charge on any atom is 0.221 e. The summed E-state index contributed by atoms with van der Waals surface area (Å²) in [7, 11) is 0. The van der Waals surface area contributed by atoms with Gasteiger partial charge >= 0.3 is 0 Å². The van der Waals surface area contributed by atoms with Crippen LogP contribution in [0.2, 0.25) is 0 Å². The smallest absolute Gasteiger partial charge is 0.221 e. The Bertz CT molecular complexity index is 287. The van der Waals surface area contributed by atoms with Crippen molar-refractivity contribution in [3.05, 3.63) is 0 Å². The molecule has 2 heterocycles. The molecule has 2 rings (SSSR count). The van der Waals surface area contributed by atoms with Crippen molar-refractivity contribution in [2.24, 2.45) is 0 Å². The highest BCUT2D eigenvalue weighted by Gasteiger charge is 2.49. The van der Waals surface area contributed by atoms with Crippen molar-refractivity contribution in [3.8, 4) is 12.1 Å². The highest BCUT2D eigenvalue weighted by molar-refractivity contribution is 4.86. The summed E-state index contributed by atoms with van der Waals surface area (Å²) in [6.45, 7) is 0.475. The average molecular weight is 210 g/mol. The van der Waals surface area contributed by atoms with Gasteiger partial charge < -0.3 is 18.9 Å². The van der Waals surface area contributed by atoms with Crippen LogP contribution in [0.15, 0.2) is 0 Å². The van der Waals surface area contributed by atoms with Crippen LogP contribution in [0.25, 0.3) is 0 Å². The van der Waals surface area contributed by atoms with Crippen LogP contribution in [0.5, 0.6) is 0 Å². The number of hydrogen-bond donors (Lipinski definition) is 0. The quantitative estimate of drug-likeness (QED) is 0.649. The Morgan fingerprint density at radius 3 is 1.87 bits per heavy atom. The Morgan fingerprint density at radius 1 is 1.00 bits per heavy atom. The van der Waals surface area contributed by atoms with Crippen LogP contribution in [0.1, 0.15) is 12.8 Å². The molecule has 2 atom stereocenters. The first-order chi connectivity index (χ1) is 7.28. The molecule has 2 unspecified atom stereocenters. The van der Waals surface area contributed by atoms with Crippen molar-refractivity contribution in [1.29, 1.82) is 10.5 Å². The first-order valence-corrected chi connectivity index (χ1v) is 4.61. The number of nitrogens with zero attached hydrogens (tertiary/aromatic N) is 2. The molecular weight excluding hydrogens is 200 g/mol. The predicted molar refractivity (Wildman–Crippen MR) is 44.8 cm³/mol. The van der Waals surface area contributed by atoms with E-state index in [1.165, 1.54) is 0 Å². The van der Waals surface area contributed by atoms with Crippen molar-refractivity contribution in [2.75, 3.05) is 13.2 Å². The summed E-state index contributed by atoms with van der Waals surface area (Å²) in [5.41, 5.74) is 0. The zero-order valence-electron chi connectivity index (χ0n) is 8.01. The van der Waals surface area contributed by atoms with Gasteiger partial charge in [0.25, 0.3) is 0 Å². The second-order valence-corrected chi connectivity index (χ2v) is 3.35. The van der Waals surface area contributed by atoms with E-state index in [0.717, 1.165) is 0 Å².